The average molecular weight is 321 g/mol. The van der Waals surface area contributed by atoms with Crippen LogP contribution in [-0.2, 0) is 26.9 Å². The van der Waals surface area contributed by atoms with Gasteiger partial charge in [-0.05, 0) is 41.4 Å². The van der Waals surface area contributed by atoms with E-state index in [1.165, 1.54) is 36.4 Å². The molecule has 2 aromatic carbocycles. The molecular formula is C14H13BFNO4S. The van der Waals surface area contributed by atoms with Crippen LogP contribution in [0.4, 0.5) is 10.1 Å². The van der Waals surface area contributed by atoms with Crippen LogP contribution in [0.3, 0.4) is 0 Å². The van der Waals surface area contributed by atoms with E-state index in [4.69, 9.17) is 10.4 Å². The highest BCUT2D eigenvalue weighted by Gasteiger charge is 2.29. The van der Waals surface area contributed by atoms with Crippen LogP contribution >= 0.6 is 0 Å². The summed E-state index contributed by atoms with van der Waals surface area (Å²) in [6, 6.07) is 8.27. The largest absolute Gasteiger partial charge is 0.491 e. The van der Waals surface area contributed by atoms with Gasteiger partial charge in [-0.15, -0.1) is 0 Å². The van der Waals surface area contributed by atoms with Crippen LogP contribution in [0, 0.1) is 5.82 Å². The Morgan fingerprint density at radius 1 is 1.27 bits per heavy atom. The molecule has 0 unspecified atom stereocenters. The van der Waals surface area contributed by atoms with E-state index in [1.54, 1.807) is 0 Å². The molecular weight excluding hydrogens is 308 g/mol. The van der Waals surface area contributed by atoms with E-state index < -0.39 is 28.5 Å². The van der Waals surface area contributed by atoms with Crippen molar-refractivity contribution < 1.29 is 22.5 Å². The number of hydrogen-bond donors (Lipinski definition) is 2. The first-order chi connectivity index (χ1) is 10.4. The molecule has 0 radical (unpaired) electrons. The van der Waals surface area contributed by atoms with Gasteiger partial charge < -0.3 is 15.4 Å². The topological polar surface area (TPSA) is 89.6 Å². The average Bonchev–Trinajstić information content (AvgIpc) is 2.80. The fourth-order valence-electron chi connectivity index (χ4n) is 2.37. The molecule has 0 saturated heterocycles. The lowest BCUT2D eigenvalue weighted by atomic mass is 9.79. The zero-order chi connectivity index (χ0) is 15.9. The van der Waals surface area contributed by atoms with Crippen molar-refractivity contribution in [1.82, 2.24) is 0 Å². The summed E-state index contributed by atoms with van der Waals surface area (Å²) in [6.07, 6.45) is 0. The molecule has 0 saturated carbocycles. The number of benzene rings is 2. The molecule has 5 nitrogen and oxygen atoms in total. The molecule has 3 N–H and O–H groups in total. The van der Waals surface area contributed by atoms with Gasteiger partial charge in [-0.1, -0.05) is 6.07 Å². The van der Waals surface area contributed by atoms with Crippen LogP contribution < -0.4 is 11.2 Å². The van der Waals surface area contributed by atoms with Gasteiger partial charge in [0.1, 0.15) is 5.82 Å². The second-order valence-electron chi connectivity index (χ2n) is 5.13. The molecule has 0 aliphatic carbocycles. The van der Waals surface area contributed by atoms with Crippen molar-refractivity contribution in [3.63, 3.8) is 0 Å². The summed E-state index contributed by atoms with van der Waals surface area (Å²) < 4.78 is 43.7. The monoisotopic (exact) mass is 321 g/mol. The minimum atomic E-state index is -3.71. The summed E-state index contributed by atoms with van der Waals surface area (Å²) in [5.41, 5.74) is 6.91. The van der Waals surface area contributed by atoms with Gasteiger partial charge in [-0.25, -0.2) is 12.8 Å². The molecule has 0 aromatic heterocycles. The first kappa shape index (κ1) is 15.0. The SMILES string of the molecule is Nc1ccc(S(=O)(=O)Cc2cc3c(cc2F)COB3O)cc1. The highest BCUT2D eigenvalue weighted by molar-refractivity contribution is 7.90. The van der Waals surface area contributed by atoms with Gasteiger partial charge in [0.2, 0.25) is 0 Å². The predicted octanol–water partition coefficient (Wildman–Crippen LogP) is 0.600. The third-order valence-electron chi connectivity index (χ3n) is 3.56. The first-order valence-corrected chi connectivity index (χ1v) is 8.21. The van der Waals surface area contributed by atoms with Gasteiger partial charge in [0.25, 0.3) is 0 Å². The predicted molar refractivity (Wildman–Crippen MR) is 80.5 cm³/mol. The number of hydrogen-bond acceptors (Lipinski definition) is 5. The van der Waals surface area contributed by atoms with Crippen molar-refractivity contribution in [2.24, 2.45) is 0 Å². The number of rotatable bonds is 3. The fourth-order valence-corrected chi connectivity index (χ4v) is 3.71. The van der Waals surface area contributed by atoms with E-state index in [2.05, 4.69) is 0 Å². The normalized spacial score (nSPS) is 14.2. The van der Waals surface area contributed by atoms with E-state index in [0.29, 0.717) is 16.7 Å². The lowest BCUT2D eigenvalue weighted by Crippen LogP contribution is -2.29. The van der Waals surface area contributed by atoms with Crippen molar-refractivity contribution in [1.29, 1.82) is 0 Å². The van der Waals surface area contributed by atoms with Crippen molar-refractivity contribution in [3.05, 3.63) is 53.3 Å². The third-order valence-corrected chi connectivity index (χ3v) is 5.24. The first-order valence-electron chi connectivity index (χ1n) is 6.56. The van der Waals surface area contributed by atoms with Gasteiger partial charge in [-0.3, -0.25) is 0 Å². The standard InChI is InChI=1S/C14H13BFNO4S/c16-14-6-9-7-21-15(18)13(9)5-10(14)8-22(19,20)12-3-1-11(17)2-4-12/h1-6,18H,7-8,17H2. The van der Waals surface area contributed by atoms with Gasteiger partial charge in [0.05, 0.1) is 17.3 Å². The molecule has 1 heterocycles. The lowest BCUT2D eigenvalue weighted by Gasteiger charge is -2.08. The number of sulfone groups is 1. The summed E-state index contributed by atoms with van der Waals surface area (Å²) in [6.45, 7) is 0.110. The summed E-state index contributed by atoms with van der Waals surface area (Å²) in [5, 5.41) is 9.63. The maximum Gasteiger partial charge on any atom is 0.491 e. The number of fused-ring (bicyclic) bond motifs is 1. The van der Waals surface area contributed by atoms with Crippen LogP contribution in [-0.4, -0.2) is 20.6 Å². The second-order valence-corrected chi connectivity index (χ2v) is 7.12. The zero-order valence-electron chi connectivity index (χ0n) is 11.5. The molecule has 8 heteroatoms. The van der Waals surface area contributed by atoms with E-state index in [-0.39, 0.29) is 17.1 Å². The molecule has 1 aliphatic rings. The number of halogens is 1. The fraction of sp³-hybridized carbons (Fsp3) is 0.143. The molecule has 0 bridgehead atoms. The number of anilines is 1. The molecule has 3 rings (SSSR count). The summed E-state index contributed by atoms with van der Waals surface area (Å²) in [4.78, 5) is 0.0680. The van der Waals surface area contributed by atoms with Gasteiger partial charge in [0, 0.05) is 11.3 Å². The Labute approximate surface area is 127 Å². The minimum absolute atomic E-state index is 0.000116. The molecule has 0 fully saturated rings. The van der Waals surface area contributed by atoms with Crippen LogP contribution in [0.2, 0.25) is 0 Å². The van der Waals surface area contributed by atoms with Crippen molar-refractivity contribution in [2.45, 2.75) is 17.3 Å². The Balaban J connectivity index is 1.96. The maximum atomic E-state index is 14.1. The zero-order valence-corrected chi connectivity index (χ0v) is 12.3. The van der Waals surface area contributed by atoms with Crippen LogP contribution in [0.25, 0.3) is 0 Å². The maximum absolute atomic E-state index is 14.1. The molecule has 0 amide bonds. The molecule has 1 aliphatic heterocycles. The third kappa shape index (κ3) is 2.72. The van der Waals surface area contributed by atoms with Gasteiger partial charge in [0.15, 0.2) is 9.84 Å². The second kappa shape index (κ2) is 5.38. The Morgan fingerprint density at radius 3 is 2.64 bits per heavy atom. The lowest BCUT2D eigenvalue weighted by molar-refractivity contribution is 0.275. The van der Waals surface area contributed by atoms with Gasteiger partial charge >= 0.3 is 7.12 Å². The summed E-state index contributed by atoms with van der Waals surface area (Å²) in [5.74, 6) is -1.13. The molecule has 0 spiro atoms. The van der Waals surface area contributed by atoms with Crippen LogP contribution in [0.1, 0.15) is 11.1 Å². The molecule has 0 atom stereocenters. The minimum Gasteiger partial charge on any atom is -0.423 e. The Morgan fingerprint density at radius 2 is 1.95 bits per heavy atom. The van der Waals surface area contributed by atoms with E-state index in [1.807, 2.05) is 0 Å². The van der Waals surface area contributed by atoms with Crippen molar-refractivity contribution in [3.8, 4) is 0 Å². The molecule has 114 valence electrons. The molecule has 22 heavy (non-hydrogen) atoms. The van der Waals surface area contributed by atoms with E-state index >= 15 is 0 Å². The Kier molecular flexibility index (Phi) is 3.68. The highest BCUT2D eigenvalue weighted by Crippen LogP contribution is 2.21. The Bertz CT molecular complexity index is 823. The smallest absolute Gasteiger partial charge is 0.423 e. The van der Waals surface area contributed by atoms with Crippen LogP contribution in [0.15, 0.2) is 41.3 Å². The van der Waals surface area contributed by atoms with E-state index in [9.17, 15) is 17.8 Å². The summed E-state index contributed by atoms with van der Waals surface area (Å²) in [7, 11) is -4.85. The Hall–Kier alpha value is -1.90. The van der Waals surface area contributed by atoms with Crippen LogP contribution in [0.5, 0.6) is 0 Å². The van der Waals surface area contributed by atoms with Crippen molar-refractivity contribution >= 4 is 28.1 Å². The highest BCUT2D eigenvalue weighted by atomic mass is 32.2. The number of nitrogens with two attached hydrogens (primary N) is 1. The van der Waals surface area contributed by atoms with Gasteiger partial charge in [-0.2, -0.15) is 0 Å². The number of nitrogen functional groups attached to an aromatic ring is 1. The van der Waals surface area contributed by atoms with E-state index in [0.717, 1.165) is 0 Å². The summed E-state index contributed by atoms with van der Waals surface area (Å²) >= 11 is 0. The molecule has 2 aromatic rings. The quantitative estimate of drug-likeness (QED) is 0.638. The van der Waals surface area contributed by atoms with Crippen molar-refractivity contribution in [2.75, 3.05) is 5.73 Å².